The maximum Gasteiger partial charge on any atom is 0.227 e. The molecule has 0 spiro atoms. The molecule has 202 valence electrons. The molecule has 43 heavy (non-hydrogen) atoms. The molecule has 0 amide bonds. The standard InChI is InChI=1S/C39H25N3O/c1-4-10-26(11-5-1)35-25-36(27-12-6-2-7-13-27)41-38(40-35)33-19-18-29-22-30(16-17-31(29)23-33)32-20-21-34-37(24-32)43-39(42-34)28-14-8-3-9-15-28/h1-25H. The van der Waals surface area contributed by atoms with Gasteiger partial charge >= 0.3 is 0 Å². The van der Waals surface area contributed by atoms with Crippen LogP contribution >= 0.6 is 0 Å². The van der Waals surface area contributed by atoms with Crippen molar-refractivity contribution in [2.24, 2.45) is 0 Å². The summed E-state index contributed by atoms with van der Waals surface area (Å²) in [6, 6.07) is 51.7. The van der Waals surface area contributed by atoms with Gasteiger partial charge in [-0.15, -0.1) is 0 Å². The van der Waals surface area contributed by atoms with Crippen LogP contribution in [-0.2, 0) is 0 Å². The lowest BCUT2D eigenvalue weighted by molar-refractivity contribution is 0.620. The maximum absolute atomic E-state index is 6.13. The molecular formula is C39H25N3O. The van der Waals surface area contributed by atoms with Crippen LogP contribution < -0.4 is 0 Å². The lowest BCUT2D eigenvalue weighted by Gasteiger charge is -2.10. The molecule has 4 heteroatoms. The van der Waals surface area contributed by atoms with Gasteiger partial charge in [-0.2, -0.15) is 0 Å². The topological polar surface area (TPSA) is 51.8 Å². The largest absolute Gasteiger partial charge is 0.436 e. The van der Waals surface area contributed by atoms with Gasteiger partial charge in [0, 0.05) is 22.3 Å². The molecule has 0 aliphatic carbocycles. The van der Waals surface area contributed by atoms with E-state index < -0.39 is 0 Å². The van der Waals surface area contributed by atoms with E-state index in [4.69, 9.17) is 14.4 Å². The van der Waals surface area contributed by atoms with Crippen molar-refractivity contribution in [1.29, 1.82) is 0 Å². The highest BCUT2D eigenvalue weighted by Crippen LogP contribution is 2.33. The van der Waals surface area contributed by atoms with Crippen molar-refractivity contribution in [3.05, 3.63) is 152 Å². The van der Waals surface area contributed by atoms with E-state index in [1.807, 2.05) is 72.8 Å². The monoisotopic (exact) mass is 551 g/mol. The zero-order chi connectivity index (χ0) is 28.6. The Kier molecular flexibility index (Phi) is 6.08. The fourth-order valence-electron chi connectivity index (χ4n) is 5.46. The summed E-state index contributed by atoms with van der Waals surface area (Å²) in [6.07, 6.45) is 0. The van der Waals surface area contributed by atoms with Gasteiger partial charge in [0.25, 0.3) is 0 Å². The third kappa shape index (κ3) is 4.85. The first kappa shape index (κ1) is 24.9. The second-order valence-corrected chi connectivity index (χ2v) is 10.5. The Labute approximate surface area is 249 Å². The summed E-state index contributed by atoms with van der Waals surface area (Å²) >= 11 is 0. The third-order valence-electron chi connectivity index (χ3n) is 7.71. The van der Waals surface area contributed by atoms with Crippen molar-refractivity contribution in [1.82, 2.24) is 15.0 Å². The summed E-state index contributed by atoms with van der Waals surface area (Å²) < 4.78 is 6.13. The SMILES string of the molecule is c1ccc(-c2cc(-c3ccccc3)nc(-c3ccc4cc(-c5ccc6nc(-c7ccccc7)oc6c5)ccc4c3)n2)cc1. The quantitative estimate of drug-likeness (QED) is 0.214. The van der Waals surface area contributed by atoms with Gasteiger partial charge in [-0.05, 0) is 64.4 Å². The maximum atomic E-state index is 6.13. The van der Waals surface area contributed by atoms with Gasteiger partial charge in [-0.25, -0.2) is 15.0 Å². The number of benzene rings is 6. The Bertz CT molecular complexity index is 2170. The van der Waals surface area contributed by atoms with Crippen molar-refractivity contribution < 1.29 is 4.42 Å². The molecule has 0 atom stereocenters. The summed E-state index contributed by atoms with van der Waals surface area (Å²) in [4.78, 5) is 14.7. The Morgan fingerprint density at radius 1 is 0.372 bits per heavy atom. The van der Waals surface area contributed by atoms with Crippen LogP contribution in [0.5, 0.6) is 0 Å². The molecule has 0 fully saturated rings. The molecule has 0 saturated carbocycles. The number of rotatable bonds is 5. The number of hydrogen-bond acceptors (Lipinski definition) is 4. The minimum Gasteiger partial charge on any atom is -0.436 e. The van der Waals surface area contributed by atoms with Crippen LogP contribution in [0.3, 0.4) is 0 Å². The van der Waals surface area contributed by atoms with Gasteiger partial charge in [0.15, 0.2) is 11.4 Å². The van der Waals surface area contributed by atoms with E-state index in [2.05, 4.69) is 83.8 Å². The molecule has 0 saturated heterocycles. The van der Waals surface area contributed by atoms with Crippen LogP contribution in [0, 0.1) is 0 Å². The van der Waals surface area contributed by atoms with Crippen molar-refractivity contribution in [3.8, 4) is 56.5 Å². The Balaban J connectivity index is 1.16. The van der Waals surface area contributed by atoms with Crippen LogP contribution in [0.1, 0.15) is 0 Å². The number of nitrogens with zero attached hydrogens (tertiary/aromatic N) is 3. The van der Waals surface area contributed by atoms with Gasteiger partial charge in [-0.1, -0.05) is 109 Å². The zero-order valence-corrected chi connectivity index (χ0v) is 23.2. The van der Waals surface area contributed by atoms with E-state index in [9.17, 15) is 0 Å². The van der Waals surface area contributed by atoms with E-state index in [0.29, 0.717) is 11.7 Å². The summed E-state index contributed by atoms with van der Waals surface area (Å²) in [5.74, 6) is 1.34. The number of aromatic nitrogens is 3. The number of hydrogen-bond donors (Lipinski definition) is 0. The molecule has 0 radical (unpaired) electrons. The Morgan fingerprint density at radius 3 is 1.51 bits per heavy atom. The summed E-state index contributed by atoms with van der Waals surface area (Å²) in [7, 11) is 0. The molecule has 0 aliphatic rings. The predicted octanol–water partition coefficient (Wildman–Crippen LogP) is 10.1. The molecular weight excluding hydrogens is 526 g/mol. The molecule has 8 rings (SSSR count). The van der Waals surface area contributed by atoms with Gasteiger partial charge in [0.05, 0.1) is 11.4 Å². The van der Waals surface area contributed by atoms with E-state index in [-0.39, 0.29) is 0 Å². The van der Waals surface area contributed by atoms with Crippen LogP contribution in [0.4, 0.5) is 0 Å². The molecule has 0 unspecified atom stereocenters. The molecule has 0 aliphatic heterocycles. The molecule has 0 bridgehead atoms. The summed E-state index contributed by atoms with van der Waals surface area (Å²) in [6.45, 7) is 0. The fraction of sp³-hybridized carbons (Fsp3) is 0. The normalized spacial score (nSPS) is 11.3. The van der Waals surface area contributed by atoms with Crippen LogP contribution in [-0.4, -0.2) is 15.0 Å². The molecule has 6 aromatic carbocycles. The second-order valence-electron chi connectivity index (χ2n) is 10.5. The highest BCUT2D eigenvalue weighted by Gasteiger charge is 2.13. The lowest BCUT2D eigenvalue weighted by atomic mass is 9.99. The van der Waals surface area contributed by atoms with Gasteiger partial charge < -0.3 is 4.42 Å². The second kappa shape index (κ2) is 10.5. The minimum absolute atomic E-state index is 0.632. The minimum atomic E-state index is 0.632. The van der Waals surface area contributed by atoms with E-state index in [1.54, 1.807) is 0 Å². The van der Waals surface area contributed by atoms with Crippen molar-refractivity contribution in [2.75, 3.05) is 0 Å². The van der Waals surface area contributed by atoms with Gasteiger partial charge in [0.1, 0.15) is 5.52 Å². The Morgan fingerprint density at radius 2 is 0.884 bits per heavy atom. The summed E-state index contributed by atoms with van der Waals surface area (Å²) in [5.41, 5.74) is 9.70. The first-order valence-corrected chi connectivity index (χ1v) is 14.3. The highest BCUT2D eigenvalue weighted by atomic mass is 16.3. The van der Waals surface area contributed by atoms with Crippen LogP contribution in [0.15, 0.2) is 156 Å². The zero-order valence-electron chi connectivity index (χ0n) is 23.2. The van der Waals surface area contributed by atoms with E-state index in [0.717, 1.165) is 66.6 Å². The summed E-state index contributed by atoms with van der Waals surface area (Å²) in [5, 5.41) is 2.27. The number of oxazole rings is 1. The Hall–Kier alpha value is -5.87. The molecule has 0 N–H and O–H groups in total. The smallest absolute Gasteiger partial charge is 0.227 e. The number of fused-ring (bicyclic) bond motifs is 2. The average Bonchev–Trinajstić information content (AvgIpc) is 3.53. The first-order chi connectivity index (χ1) is 21.3. The molecule has 8 aromatic rings. The lowest BCUT2D eigenvalue weighted by Crippen LogP contribution is -1.96. The fourth-order valence-corrected chi connectivity index (χ4v) is 5.46. The first-order valence-electron chi connectivity index (χ1n) is 14.3. The van der Waals surface area contributed by atoms with Crippen LogP contribution in [0.2, 0.25) is 0 Å². The van der Waals surface area contributed by atoms with Crippen molar-refractivity contribution >= 4 is 21.9 Å². The van der Waals surface area contributed by atoms with Gasteiger partial charge in [-0.3, -0.25) is 0 Å². The highest BCUT2D eigenvalue weighted by molar-refractivity contribution is 5.92. The van der Waals surface area contributed by atoms with Crippen molar-refractivity contribution in [3.63, 3.8) is 0 Å². The third-order valence-corrected chi connectivity index (χ3v) is 7.71. The predicted molar refractivity (Wildman–Crippen MR) is 174 cm³/mol. The van der Waals surface area contributed by atoms with Crippen LogP contribution in [0.25, 0.3) is 78.4 Å². The van der Waals surface area contributed by atoms with E-state index >= 15 is 0 Å². The average molecular weight is 552 g/mol. The molecule has 2 heterocycles. The van der Waals surface area contributed by atoms with E-state index in [1.165, 1.54) is 0 Å². The molecule has 4 nitrogen and oxygen atoms in total. The molecule has 2 aromatic heterocycles. The van der Waals surface area contributed by atoms with Crippen molar-refractivity contribution in [2.45, 2.75) is 0 Å². The van der Waals surface area contributed by atoms with Gasteiger partial charge in [0.2, 0.25) is 5.89 Å².